The van der Waals surface area contributed by atoms with E-state index in [1.54, 1.807) is 12.3 Å². The average molecular weight is 339 g/mol. The van der Waals surface area contributed by atoms with Crippen LogP contribution in [0, 0.1) is 20.8 Å². The molecule has 22 heavy (non-hydrogen) atoms. The summed E-state index contributed by atoms with van der Waals surface area (Å²) in [5.41, 5.74) is 1.11. The first kappa shape index (κ1) is 16.9. The van der Waals surface area contributed by atoms with Crippen LogP contribution in [0.3, 0.4) is 0 Å². The highest BCUT2D eigenvalue weighted by Gasteiger charge is 2.18. The predicted molar refractivity (Wildman–Crippen MR) is 91.1 cm³/mol. The van der Waals surface area contributed by atoms with Gasteiger partial charge in [0, 0.05) is 29.0 Å². The summed E-state index contributed by atoms with van der Waals surface area (Å²) in [4.78, 5) is 6.46. The third-order valence-corrected chi connectivity index (χ3v) is 5.83. The molecule has 0 amide bonds. The van der Waals surface area contributed by atoms with Crippen molar-refractivity contribution < 1.29 is 8.42 Å². The Bertz CT molecular complexity index is 722. The van der Waals surface area contributed by atoms with E-state index in [1.807, 2.05) is 32.9 Å². The number of aromatic nitrogens is 1. The molecule has 7 heteroatoms. The zero-order valence-corrected chi connectivity index (χ0v) is 14.6. The summed E-state index contributed by atoms with van der Waals surface area (Å²) in [6.45, 7) is 6.79. The van der Waals surface area contributed by atoms with Crippen LogP contribution in [0.25, 0.3) is 0 Å². The molecule has 2 N–H and O–H groups in total. The Morgan fingerprint density at radius 1 is 1.18 bits per heavy atom. The number of pyridine rings is 1. The molecule has 2 heterocycles. The van der Waals surface area contributed by atoms with Gasteiger partial charge in [-0.05, 0) is 44.9 Å². The number of hydrogen-bond donors (Lipinski definition) is 2. The Hall–Kier alpha value is -1.44. The van der Waals surface area contributed by atoms with Gasteiger partial charge in [0.15, 0.2) is 0 Å². The van der Waals surface area contributed by atoms with Gasteiger partial charge in [-0.2, -0.15) is 0 Å². The van der Waals surface area contributed by atoms with E-state index in [2.05, 4.69) is 15.0 Å². The Balaban J connectivity index is 1.78. The molecule has 0 saturated heterocycles. The molecule has 2 aromatic rings. The normalized spacial score (nSPS) is 11.6. The van der Waals surface area contributed by atoms with Crippen molar-refractivity contribution in [2.45, 2.75) is 32.1 Å². The molecular formula is C15H21N3O2S2. The van der Waals surface area contributed by atoms with Crippen LogP contribution >= 0.6 is 11.3 Å². The third kappa shape index (κ3) is 4.53. The summed E-state index contributed by atoms with van der Waals surface area (Å²) in [6, 6.07) is 5.62. The number of nitrogens with zero attached hydrogens (tertiary/aromatic N) is 1. The fourth-order valence-electron chi connectivity index (χ4n) is 2.04. The maximum absolute atomic E-state index is 12.2. The van der Waals surface area contributed by atoms with Gasteiger partial charge in [-0.25, -0.2) is 18.1 Å². The summed E-state index contributed by atoms with van der Waals surface area (Å²) >= 11 is 1.50. The first-order chi connectivity index (χ1) is 10.4. The quantitative estimate of drug-likeness (QED) is 0.761. The Morgan fingerprint density at radius 2 is 1.95 bits per heavy atom. The van der Waals surface area contributed by atoms with E-state index in [9.17, 15) is 8.42 Å². The van der Waals surface area contributed by atoms with Crippen molar-refractivity contribution in [1.29, 1.82) is 0 Å². The van der Waals surface area contributed by atoms with Crippen LogP contribution in [0.2, 0.25) is 0 Å². The molecule has 0 fully saturated rings. The lowest BCUT2D eigenvalue weighted by Gasteiger charge is -2.08. The van der Waals surface area contributed by atoms with E-state index < -0.39 is 10.0 Å². The third-order valence-electron chi connectivity index (χ3n) is 3.15. The number of anilines is 1. The molecule has 120 valence electrons. The second-order valence-electron chi connectivity index (χ2n) is 5.18. The van der Waals surface area contributed by atoms with Crippen LogP contribution in [-0.4, -0.2) is 26.5 Å². The van der Waals surface area contributed by atoms with Crippen molar-refractivity contribution in [2.75, 3.05) is 18.4 Å². The predicted octanol–water partition coefficient (Wildman–Crippen LogP) is 2.85. The van der Waals surface area contributed by atoms with E-state index in [0.717, 1.165) is 21.1 Å². The van der Waals surface area contributed by atoms with Crippen molar-refractivity contribution in [3.8, 4) is 0 Å². The number of rotatable bonds is 7. The van der Waals surface area contributed by atoms with E-state index >= 15 is 0 Å². The molecule has 0 bridgehead atoms. The van der Waals surface area contributed by atoms with E-state index in [1.165, 1.54) is 11.3 Å². The fraction of sp³-hybridized carbons (Fsp3) is 0.400. The second kappa shape index (κ2) is 7.21. The molecule has 5 nitrogen and oxygen atoms in total. The molecule has 2 aromatic heterocycles. The Kier molecular flexibility index (Phi) is 5.55. The summed E-state index contributed by atoms with van der Waals surface area (Å²) in [6.07, 6.45) is 2.49. The first-order valence-corrected chi connectivity index (χ1v) is 9.42. The van der Waals surface area contributed by atoms with Crippen LogP contribution in [-0.2, 0) is 10.0 Å². The largest absolute Gasteiger partial charge is 0.370 e. The number of thiophene rings is 1. The Labute approximate surface area is 135 Å². The van der Waals surface area contributed by atoms with Crippen molar-refractivity contribution in [2.24, 2.45) is 0 Å². The highest BCUT2D eigenvalue weighted by Crippen LogP contribution is 2.24. The topological polar surface area (TPSA) is 71.1 Å². The lowest BCUT2D eigenvalue weighted by Crippen LogP contribution is -2.26. The first-order valence-electron chi connectivity index (χ1n) is 7.12. The number of sulfonamides is 1. The van der Waals surface area contributed by atoms with Gasteiger partial charge in [0.05, 0.1) is 4.90 Å². The maximum Gasteiger partial charge on any atom is 0.241 e. The van der Waals surface area contributed by atoms with E-state index in [4.69, 9.17) is 0 Å². The monoisotopic (exact) mass is 339 g/mol. The average Bonchev–Trinajstić information content (AvgIpc) is 2.80. The molecule has 2 rings (SSSR count). The summed E-state index contributed by atoms with van der Waals surface area (Å²) < 4.78 is 27.0. The molecule has 0 aliphatic carbocycles. The highest BCUT2D eigenvalue weighted by molar-refractivity contribution is 7.89. The van der Waals surface area contributed by atoms with Crippen LogP contribution in [0.15, 0.2) is 29.3 Å². The lowest BCUT2D eigenvalue weighted by atomic mass is 10.3. The standard InChI is InChI=1S/C15H21N3O2S2/c1-11-5-6-15(17-10-11)16-7-4-8-18-22(19,20)14-9-12(2)21-13(14)3/h5-6,9-10,18H,4,7-8H2,1-3H3,(H,16,17). The minimum absolute atomic E-state index is 0.392. The zero-order chi connectivity index (χ0) is 16.2. The molecule has 0 aromatic carbocycles. The van der Waals surface area contributed by atoms with Crippen LogP contribution in [0.5, 0.6) is 0 Å². The van der Waals surface area contributed by atoms with Crippen molar-refractivity contribution in [3.63, 3.8) is 0 Å². The zero-order valence-electron chi connectivity index (χ0n) is 13.0. The van der Waals surface area contributed by atoms with Gasteiger partial charge < -0.3 is 5.32 Å². The number of nitrogens with one attached hydrogen (secondary N) is 2. The van der Waals surface area contributed by atoms with Gasteiger partial charge in [0.25, 0.3) is 0 Å². The van der Waals surface area contributed by atoms with Crippen LogP contribution < -0.4 is 10.0 Å². The van der Waals surface area contributed by atoms with Gasteiger partial charge in [-0.15, -0.1) is 11.3 Å². The second-order valence-corrected chi connectivity index (χ2v) is 8.37. The SMILES string of the molecule is Cc1ccc(NCCCNS(=O)(=O)c2cc(C)sc2C)nc1. The van der Waals surface area contributed by atoms with Gasteiger partial charge >= 0.3 is 0 Å². The smallest absolute Gasteiger partial charge is 0.241 e. The molecule has 0 atom stereocenters. The van der Waals surface area contributed by atoms with Crippen LogP contribution in [0.1, 0.15) is 21.7 Å². The summed E-state index contributed by atoms with van der Waals surface area (Å²) in [5, 5.41) is 3.17. The maximum atomic E-state index is 12.2. The van der Waals surface area contributed by atoms with Crippen molar-refractivity contribution >= 4 is 27.2 Å². The van der Waals surface area contributed by atoms with E-state index in [0.29, 0.717) is 24.4 Å². The number of aryl methyl sites for hydroxylation is 3. The minimum atomic E-state index is -3.40. The number of hydrogen-bond acceptors (Lipinski definition) is 5. The van der Waals surface area contributed by atoms with Gasteiger partial charge in [0.2, 0.25) is 10.0 Å². The molecular weight excluding hydrogens is 318 g/mol. The molecule has 0 radical (unpaired) electrons. The molecule has 0 spiro atoms. The van der Waals surface area contributed by atoms with Crippen LogP contribution in [0.4, 0.5) is 5.82 Å². The molecule has 0 aliphatic heterocycles. The van der Waals surface area contributed by atoms with Gasteiger partial charge in [0.1, 0.15) is 5.82 Å². The summed E-state index contributed by atoms with van der Waals surface area (Å²) in [7, 11) is -3.40. The summed E-state index contributed by atoms with van der Waals surface area (Å²) in [5.74, 6) is 0.803. The van der Waals surface area contributed by atoms with Crippen molar-refractivity contribution in [3.05, 3.63) is 39.7 Å². The molecule has 0 unspecified atom stereocenters. The Morgan fingerprint density at radius 3 is 2.55 bits per heavy atom. The van der Waals surface area contributed by atoms with Gasteiger partial charge in [-0.1, -0.05) is 6.07 Å². The molecule has 0 aliphatic rings. The molecule has 0 saturated carbocycles. The minimum Gasteiger partial charge on any atom is -0.370 e. The fourth-order valence-corrected chi connectivity index (χ4v) is 4.66. The van der Waals surface area contributed by atoms with E-state index in [-0.39, 0.29) is 0 Å². The lowest BCUT2D eigenvalue weighted by molar-refractivity contribution is 0.580. The highest BCUT2D eigenvalue weighted by atomic mass is 32.2. The van der Waals surface area contributed by atoms with Gasteiger partial charge in [-0.3, -0.25) is 0 Å². The van der Waals surface area contributed by atoms with Crippen molar-refractivity contribution in [1.82, 2.24) is 9.71 Å².